The predicted octanol–water partition coefficient (Wildman–Crippen LogP) is 2.60. The van der Waals surface area contributed by atoms with Crippen LogP contribution in [0, 0.1) is 24.2 Å². The lowest BCUT2D eigenvalue weighted by molar-refractivity contribution is -0.123. The Morgan fingerprint density at radius 1 is 1.35 bits per heavy atom. The minimum Gasteiger partial charge on any atom is -0.483 e. The quantitative estimate of drug-likeness (QED) is 0.669. The van der Waals surface area contributed by atoms with E-state index in [1.54, 1.807) is 12.3 Å². The summed E-state index contributed by atoms with van der Waals surface area (Å²) in [5, 5.41) is 10.1. The summed E-state index contributed by atoms with van der Waals surface area (Å²) in [5.41, 5.74) is 0.841. The lowest BCUT2D eigenvalue weighted by atomic mass is 9.73. The topological polar surface area (TPSA) is 109 Å². The number of likely N-dealkylation sites (tertiary alicyclic amines) is 1. The molecule has 2 bridgehead atoms. The molecule has 4 fully saturated rings. The van der Waals surface area contributed by atoms with Crippen molar-refractivity contribution < 1.29 is 28.6 Å². The fourth-order valence-corrected chi connectivity index (χ4v) is 5.59. The second kappa shape index (κ2) is 8.30. The van der Waals surface area contributed by atoms with E-state index in [-0.39, 0.29) is 30.0 Å². The van der Waals surface area contributed by atoms with E-state index in [1.807, 2.05) is 11.8 Å². The highest BCUT2D eigenvalue weighted by Gasteiger charge is 2.63. The van der Waals surface area contributed by atoms with E-state index in [0.29, 0.717) is 54.6 Å². The Balaban J connectivity index is 0.000000730. The van der Waals surface area contributed by atoms with Crippen LogP contribution in [0.15, 0.2) is 16.7 Å². The molecule has 0 unspecified atom stereocenters. The zero-order valence-electron chi connectivity index (χ0n) is 18.3. The van der Waals surface area contributed by atoms with Gasteiger partial charge in [-0.3, -0.25) is 14.4 Å². The number of carbonyl (C=O) groups excluding carboxylic acids is 2. The molecule has 0 aromatic carbocycles. The van der Waals surface area contributed by atoms with Gasteiger partial charge in [0, 0.05) is 31.3 Å². The summed E-state index contributed by atoms with van der Waals surface area (Å²) in [6.07, 6.45) is 7.95. The molecular formula is C23H32N2O6. The summed E-state index contributed by atoms with van der Waals surface area (Å²) in [6.45, 7) is 5.86. The molecular weight excluding hydrogens is 400 g/mol. The fraction of sp³-hybridized carbons (Fsp3) is 0.696. The van der Waals surface area contributed by atoms with Crippen molar-refractivity contribution in [1.29, 1.82) is 0 Å². The maximum Gasteiger partial charge on any atom is 0.290 e. The Labute approximate surface area is 182 Å². The Morgan fingerprint density at radius 2 is 2.10 bits per heavy atom. The summed E-state index contributed by atoms with van der Waals surface area (Å²) in [6, 6.07) is 1.75. The van der Waals surface area contributed by atoms with Crippen LogP contribution in [0.25, 0.3) is 0 Å². The lowest BCUT2D eigenvalue weighted by Gasteiger charge is -2.29. The maximum absolute atomic E-state index is 12.9. The molecule has 31 heavy (non-hydrogen) atoms. The van der Waals surface area contributed by atoms with E-state index in [0.717, 1.165) is 19.3 Å². The number of hydrogen-bond acceptors (Lipinski definition) is 5. The van der Waals surface area contributed by atoms with Crippen LogP contribution in [0.3, 0.4) is 0 Å². The highest BCUT2D eigenvalue weighted by molar-refractivity contribution is 5.95. The van der Waals surface area contributed by atoms with Gasteiger partial charge >= 0.3 is 0 Å². The summed E-state index contributed by atoms with van der Waals surface area (Å²) < 4.78 is 11.7. The molecule has 0 radical (unpaired) electrons. The second-order valence-electron chi connectivity index (χ2n) is 9.83. The van der Waals surface area contributed by atoms with Crippen molar-refractivity contribution in [2.24, 2.45) is 17.3 Å². The number of aryl methyl sites for hydroxylation is 1. The number of amides is 2. The van der Waals surface area contributed by atoms with Crippen LogP contribution in [0.2, 0.25) is 0 Å². The van der Waals surface area contributed by atoms with Gasteiger partial charge in [0.25, 0.3) is 12.4 Å². The van der Waals surface area contributed by atoms with Gasteiger partial charge in [-0.15, -0.1) is 0 Å². The first-order valence-corrected chi connectivity index (χ1v) is 11.2. The van der Waals surface area contributed by atoms with Crippen molar-refractivity contribution in [3.05, 3.63) is 23.7 Å². The first-order chi connectivity index (χ1) is 14.8. The van der Waals surface area contributed by atoms with Crippen LogP contribution in [0.1, 0.15) is 61.6 Å². The number of carboxylic acid groups (broad SMARTS) is 1. The van der Waals surface area contributed by atoms with Crippen molar-refractivity contribution in [1.82, 2.24) is 10.2 Å². The van der Waals surface area contributed by atoms with Gasteiger partial charge in [0.05, 0.1) is 30.1 Å². The zero-order valence-corrected chi connectivity index (χ0v) is 18.3. The summed E-state index contributed by atoms with van der Waals surface area (Å²) >= 11 is 0. The monoisotopic (exact) mass is 432 g/mol. The second-order valence-corrected chi connectivity index (χ2v) is 9.83. The molecule has 4 heterocycles. The minimum atomic E-state index is -0.250. The van der Waals surface area contributed by atoms with Crippen molar-refractivity contribution in [2.75, 3.05) is 19.6 Å². The van der Waals surface area contributed by atoms with Gasteiger partial charge in [-0.25, -0.2) is 0 Å². The number of carbonyl (C=O) groups is 3. The number of furan rings is 1. The molecule has 2 N–H and O–H groups in total. The van der Waals surface area contributed by atoms with E-state index in [1.165, 1.54) is 12.8 Å². The lowest BCUT2D eigenvalue weighted by Crippen LogP contribution is -2.41. The normalized spacial score (nSPS) is 31.5. The van der Waals surface area contributed by atoms with Gasteiger partial charge in [0.2, 0.25) is 5.91 Å². The van der Waals surface area contributed by atoms with Gasteiger partial charge in [0.1, 0.15) is 5.76 Å². The molecule has 1 saturated carbocycles. The molecule has 3 aliphatic heterocycles. The molecule has 4 atom stereocenters. The fourth-order valence-electron chi connectivity index (χ4n) is 5.59. The van der Waals surface area contributed by atoms with Crippen molar-refractivity contribution in [3.8, 4) is 0 Å². The van der Waals surface area contributed by atoms with Crippen LogP contribution in [0.5, 0.6) is 0 Å². The van der Waals surface area contributed by atoms with Crippen molar-refractivity contribution in [3.63, 3.8) is 0 Å². The third-order valence-electron chi connectivity index (χ3n) is 7.75. The van der Waals surface area contributed by atoms with Crippen molar-refractivity contribution in [2.45, 2.75) is 64.1 Å². The maximum atomic E-state index is 12.9. The number of rotatable bonds is 6. The molecule has 170 valence electrons. The highest BCUT2D eigenvalue weighted by Crippen LogP contribution is 2.55. The molecule has 5 rings (SSSR count). The van der Waals surface area contributed by atoms with Crippen LogP contribution in [-0.4, -0.2) is 59.6 Å². The van der Waals surface area contributed by atoms with E-state index >= 15 is 0 Å². The Hall–Kier alpha value is -2.35. The van der Waals surface area contributed by atoms with Gasteiger partial charge in [0.15, 0.2) is 0 Å². The Morgan fingerprint density at radius 3 is 2.74 bits per heavy atom. The largest absolute Gasteiger partial charge is 0.483 e. The number of nitrogens with zero attached hydrogens (tertiary/aromatic N) is 1. The van der Waals surface area contributed by atoms with Gasteiger partial charge in [-0.05, 0) is 50.5 Å². The molecule has 1 aliphatic carbocycles. The first-order valence-electron chi connectivity index (χ1n) is 11.2. The Kier molecular flexibility index (Phi) is 5.85. The van der Waals surface area contributed by atoms with E-state index in [2.05, 4.69) is 12.2 Å². The van der Waals surface area contributed by atoms with E-state index in [4.69, 9.17) is 19.1 Å². The van der Waals surface area contributed by atoms with E-state index in [9.17, 15) is 9.59 Å². The summed E-state index contributed by atoms with van der Waals surface area (Å²) in [5.74, 6) is 1.46. The summed E-state index contributed by atoms with van der Waals surface area (Å²) in [4.78, 5) is 35.5. The molecule has 1 aromatic heterocycles. The molecule has 1 aromatic rings. The molecule has 3 saturated heterocycles. The third-order valence-corrected chi connectivity index (χ3v) is 7.75. The molecule has 4 aliphatic rings. The SMILES string of the molecule is Cc1occc1C(=O)N1C[C@@H]2[C@H](CNC(=O)CCC3(C)CC3)[C@H]3CC[C@]2(C1)O3.O=CO. The number of nitrogens with one attached hydrogen (secondary N) is 1. The molecule has 8 heteroatoms. The summed E-state index contributed by atoms with van der Waals surface area (Å²) in [7, 11) is 0. The van der Waals surface area contributed by atoms with Gasteiger partial charge in [-0.2, -0.15) is 0 Å². The third kappa shape index (κ3) is 4.22. The highest BCUT2D eigenvalue weighted by atomic mass is 16.5. The van der Waals surface area contributed by atoms with Crippen LogP contribution >= 0.6 is 0 Å². The van der Waals surface area contributed by atoms with E-state index < -0.39 is 0 Å². The van der Waals surface area contributed by atoms with Crippen LogP contribution < -0.4 is 5.32 Å². The Bertz CT molecular complexity index is 847. The van der Waals surface area contributed by atoms with Gasteiger partial charge in [-0.1, -0.05) is 6.92 Å². The number of hydrogen-bond donors (Lipinski definition) is 2. The standard InChI is InChI=1S/C22H30N2O4.CH2O2/c1-14-15(5-10-27-14)20(26)24-12-17-16(18-3-7-22(17,13-24)28-18)11-23-19(25)4-6-21(2)8-9-21;2-1-3/h5,10,16-18H,3-4,6-9,11-13H2,1-2H3,(H,23,25);1H,(H,2,3)/t16-,17+,18+,22+;/m0./s1. The van der Waals surface area contributed by atoms with Crippen molar-refractivity contribution >= 4 is 18.3 Å². The molecule has 2 amide bonds. The molecule has 1 spiro atoms. The average molecular weight is 433 g/mol. The zero-order chi connectivity index (χ0) is 22.2. The van der Waals surface area contributed by atoms with Crippen LogP contribution in [0.4, 0.5) is 0 Å². The first kappa shape index (κ1) is 21.9. The minimum absolute atomic E-state index is 0.0301. The van der Waals surface area contributed by atoms with Crippen LogP contribution in [-0.2, 0) is 14.3 Å². The molecule has 8 nitrogen and oxygen atoms in total. The number of fused-ring (bicyclic) bond motifs is 1. The van der Waals surface area contributed by atoms with Gasteiger partial charge < -0.3 is 24.5 Å². The average Bonchev–Trinajstić information content (AvgIpc) is 3.14. The smallest absolute Gasteiger partial charge is 0.290 e. The predicted molar refractivity (Wildman–Crippen MR) is 111 cm³/mol. The number of ether oxygens (including phenoxy) is 1.